The van der Waals surface area contributed by atoms with Gasteiger partial charge in [-0.25, -0.2) is 9.18 Å². The molecule has 1 atom stereocenters. The summed E-state index contributed by atoms with van der Waals surface area (Å²) in [6.45, 7) is 3.73. The molecule has 0 heterocycles. The lowest BCUT2D eigenvalue weighted by molar-refractivity contribution is -0.124. The molecule has 0 bridgehead atoms. The van der Waals surface area contributed by atoms with Crippen LogP contribution in [0.2, 0.25) is 0 Å². The van der Waals surface area contributed by atoms with E-state index < -0.39 is 12.1 Å². The van der Waals surface area contributed by atoms with E-state index in [4.69, 9.17) is 0 Å². The second-order valence-electron chi connectivity index (χ2n) is 6.00. The van der Waals surface area contributed by atoms with E-state index in [1.54, 1.807) is 42.5 Å². The Balaban J connectivity index is 1.93. The number of carbonyl (C=O) groups is 2. The first-order valence-corrected chi connectivity index (χ1v) is 8.11. The van der Waals surface area contributed by atoms with Crippen molar-refractivity contribution < 1.29 is 14.0 Å². The van der Waals surface area contributed by atoms with Gasteiger partial charge in [0.25, 0.3) is 0 Å². The molecule has 0 aliphatic rings. The fraction of sp³-hybridized carbons (Fsp3) is 0.263. The summed E-state index contributed by atoms with van der Waals surface area (Å²) in [5, 5.41) is 8.00. The lowest BCUT2D eigenvalue weighted by Crippen LogP contribution is -2.50. The van der Waals surface area contributed by atoms with E-state index in [1.165, 1.54) is 6.07 Å². The third kappa shape index (κ3) is 5.60. The average Bonchev–Trinajstić information content (AvgIpc) is 2.59. The van der Waals surface area contributed by atoms with Gasteiger partial charge >= 0.3 is 6.03 Å². The van der Waals surface area contributed by atoms with Crippen LogP contribution in [0.15, 0.2) is 54.6 Å². The highest BCUT2D eigenvalue weighted by Gasteiger charge is 2.24. The van der Waals surface area contributed by atoms with Crippen LogP contribution >= 0.6 is 0 Å². The standard InChI is InChI=1S/C19H22FN3O2/c1-13(2)17(23-19(25)22-15-9-4-3-5-10-15)18(24)21-12-14-8-6-7-11-16(14)20/h3-11,13,17H,12H2,1-2H3,(H,21,24)(H2,22,23,25)/t17-/m1/s1. The number of anilines is 1. The van der Waals surface area contributed by atoms with Crippen molar-refractivity contribution in [3.8, 4) is 0 Å². The maximum atomic E-state index is 13.6. The molecule has 0 saturated heterocycles. The van der Waals surface area contributed by atoms with E-state index in [2.05, 4.69) is 16.0 Å². The van der Waals surface area contributed by atoms with Crippen LogP contribution in [0.4, 0.5) is 14.9 Å². The normalized spacial score (nSPS) is 11.7. The van der Waals surface area contributed by atoms with Crippen LogP contribution in [0.1, 0.15) is 19.4 Å². The molecule has 0 aliphatic heterocycles. The topological polar surface area (TPSA) is 70.2 Å². The minimum atomic E-state index is -0.726. The number of amides is 3. The largest absolute Gasteiger partial charge is 0.350 e. The number of urea groups is 1. The molecule has 132 valence electrons. The second kappa shape index (κ2) is 8.82. The Morgan fingerprint density at radius 1 is 1.00 bits per heavy atom. The zero-order chi connectivity index (χ0) is 18.2. The molecule has 5 nitrogen and oxygen atoms in total. The number of benzene rings is 2. The summed E-state index contributed by atoms with van der Waals surface area (Å²) in [5.41, 5.74) is 1.03. The third-order valence-corrected chi connectivity index (χ3v) is 3.68. The van der Waals surface area contributed by atoms with Gasteiger partial charge in [-0.15, -0.1) is 0 Å². The zero-order valence-electron chi connectivity index (χ0n) is 14.3. The van der Waals surface area contributed by atoms with Crippen molar-refractivity contribution in [3.05, 3.63) is 66.0 Å². The van der Waals surface area contributed by atoms with Crippen LogP contribution in [0.25, 0.3) is 0 Å². The van der Waals surface area contributed by atoms with E-state index in [1.807, 2.05) is 19.9 Å². The van der Waals surface area contributed by atoms with Crippen molar-refractivity contribution in [1.29, 1.82) is 0 Å². The van der Waals surface area contributed by atoms with Gasteiger partial charge in [-0.3, -0.25) is 4.79 Å². The van der Waals surface area contributed by atoms with Gasteiger partial charge in [0.15, 0.2) is 0 Å². The molecular weight excluding hydrogens is 321 g/mol. The number of rotatable bonds is 6. The van der Waals surface area contributed by atoms with Crippen molar-refractivity contribution in [1.82, 2.24) is 10.6 Å². The molecule has 0 aliphatic carbocycles. The molecule has 0 aromatic heterocycles. The monoisotopic (exact) mass is 343 g/mol. The Labute approximate surface area is 146 Å². The van der Waals surface area contributed by atoms with Crippen molar-refractivity contribution in [2.45, 2.75) is 26.4 Å². The van der Waals surface area contributed by atoms with Crippen LogP contribution in [-0.4, -0.2) is 18.0 Å². The van der Waals surface area contributed by atoms with Gasteiger partial charge < -0.3 is 16.0 Å². The first-order valence-electron chi connectivity index (χ1n) is 8.11. The summed E-state index contributed by atoms with van der Waals surface area (Å²) in [4.78, 5) is 24.5. The van der Waals surface area contributed by atoms with Gasteiger partial charge in [0, 0.05) is 17.8 Å². The maximum Gasteiger partial charge on any atom is 0.319 e. The van der Waals surface area contributed by atoms with Gasteiger partial charge in [0.1, 0.15) is 11.9 Å². The van der Waals surface area contributed by atoms with Crippen LogP contribution in [0.3, 0.4) is 0 Å². The number of para-hydroxylation sites is 1. The fourth-order valence-corrected chi connectivity index (χ4v) is 2.30. The molecule has 0 unspecified atom stereocenters. The Kier molecular flexibility index (Phi) is 6.51. The first-order chi connectivity index (χ1) is 12.0. The van der Waals surface area contributed by atoms with Crippen LogP contribution in [0.5, 0.6) is 0 Å². The van der Waals surface area contributed by atoms with E-state index in [9.17, 15) is 14.0 Å². The molecule has 3 N–H and O–H groups in total. The number of hydrogen-bond acceptors (Lipinski definition) is 2. The van der Waals surface area contributed by atoms with Gasteiger partial charge in [-0.1, -0.05) is 50.2 Å². The van der Waals surface area contributed by atoms with Gasteiger partial charge in [0.2, 0.25) is 5.91 Å². The van der Waals surface area contributed by atoms with Gasteiger partial charge in [-0.05, 0) is 24.1 Å². The number of nitrogens with one attached hydrogen (secondary N) is 3. The Morgan fingerprint density at radius 3 is 2.28 bits per heavy atom. The number of hydrogen-bond donors (Lipinski definition) is 3. The molecule has 2 aromatic carbocycles. The molecule has 0 fully saturated rings. The number of carbonyl (C=O) groups excluding carboxylic acids is 2. The Bertz CT molecular complexity index is 720. The highest BCUT2D eigenvalue weighted by atomic mass is 19.1. The van der Waals surface area contributed by atoms with Crippen molar-refractivity contribution in [3.63, 3.8) is 0 Å². The molecule has 3 amide bonds. The van der Waals surface area contributed by atoms with Crippen molar-refractivity contribution in [2.24, 2.45) is 5.92 Å². The van der Waals surface area contributed by atoms with Crippen LogP contribution in [-0.2, 0) is 11.3 Å². The molecule has 0 spiro atoms. The second-order valence-corrected chi connectivity index (χ2v) is 6.00. The molecule has 2 aromatic rings. The molecule has 2 rings (SSSR count). The average molecular weight is 343 g/mol. The highest BCUT2D eigenvalue weighted by molar-refractivity contribution is 5.93. The van der Waals surface area contributed by atoms with Crippen molar-refractivity contribution >= 4 is 17.6 Å². The summed E-state index contributed by atoms with van der Waals surface area (Å²) in [7, 11) is 0. The number of halogens is 1. The SMILES string of the molecule is CC(C)[C@@H](NC(=O)Nc1ccccc1)C(=O)NCc1ccccc1F. The summed E-state index contributed by atoms with van der Waals surface area (Å²) >= 11 is 0. The summed E-state index contributed by atoms with van der Waals surface area (Å²) < 4.78 is 13.6. The molecule has 6 heteroatoms. The summed E-state index contributed by atoms with van der Waals surface area (Å²) in [6.07, 6.45) is 0. The molecule has 0 saturated carbocycles. The van der Waals surface area contributed by atoms with E-state index in [-0.39, 0.29) is 24.2 Å². The van der Waals surface area contributed by atoms with Crippen molar-refractivity contribution in [2.75, 3.05) is 5.32 Å². The predicted octanol–water partition coefficient (Wildman–Crippen LogP) is 3.29. The Hall–Kier alpha value is -2.89. The fourth-order valence-electron chi connectivity index (χ4n) is 2.30. The Morgan fingerprint density at radius 2 is 1.64 bits per heavy atom. The lowest BCUT2D eigenvalue weighted by Gasteiger charge is -2.22. The van der Waals surface area contributed by atoms with Gasteiger partial charge in [0.05, 0.1) is 0 Å². The quantitative estimate of drug-likeness (QED) is 0.753. The predicted molar refractivity (Wildman–Crippen MR) is 95.5 cm³/mol. The summed E-state index contributed by atoms with van der Waals surface area (Å²) in [5.74, 6) is -0.859. The van der Waals surface area contributed by atoms with Gasteiger partial charge in [-0.2, -0.15) is 0 Å². The van der Waals surface area contributed by atoms with E-state index >= 15 is 0 Å². The van der Waals surface area contributed by atoms with Crippen LogP contribution < -0.4 is 16.0 Å². The smallest absolute Gasteiger partial charge is 0.319 e. The molecule has 25 heavy (non-hydrogen) atoms. The third-order valence-electron chi connectivity index (χ3n) is 3.68. The van der Waals surface area contributed by atoms with E-state index in [0.717, 1.165) is 0 Å². The zero-order valence-corrected chi connectivity index (χ0v) is 14.3. The summed E-state index contributed by atoms with van der Waals surface area (Å²) in [6, 6.07) is 14.0. The first kappa shape index (κ1) is 18.4. The maximum absolute atomic E-state index is 13.6. The minimum Gasteiger partial charge on any atom is -0.350 e. The lowest BCUT2D eigenvalue weighted by atomic mass is 10.0. The molecule has 0 radical (unpaired) electrons. The minimum absolute atomic E-state index is 0.0662. The molecular formula is C19H22FN3O2. The van der Waals surface area contributed by atoms with E-state index in [0.29, 0.717) is 11.3 Å². The highest BCUT2D eigenvalue weighted by Crippen LogP contribution is 2.08. The van der Waals surface area contributed by atoms with Crippen LogP contribution in [0, 0.1) is 11.7 Å².